The van der Waals surface area contributed by atoms with Gasteiger partial charge in [0, 0.05) is 28.9 Å². The summed E-state index contributed by atoms with van der Waals surface area (Å²) in [5.41, 5.74) is 2.68. The fourth-order valence-electron chi connectivity index (χ4n) is 2.83. The highest BCUT2D eigenvalue weighted by Gasteiger charge is 2.30. The van der Waals surface area contributed by atoms with Crippen LogP contribution < -0.4 is 0 Å². The smallest absolute Gasteiger partial charge is 0.146 e. The molecule has 6 heteroatoms. The van der Waals surface area contributed by atoms with E-state index < -0.39 is 6.10 Å². The van der Waals surface area contributed by atoms with Gasteiger partial charge in [-0.2, -0.15) is 0 Å². The number of hydrogen-bond acceptors (Lipinski definition) is 5. The number of aromatic hydroxyl groups is 1. The number of benzene rings is 1. The van der Waals surface area contributed by atoms with Gasteiger partial charge in [-0.1, -0.05) is 35.9 Å². The van der Waals surface area contributed by atoms with Crippen LogP contribution in [0.4, 0.5) is 0 Å². The molecule has 3 rings (SSSR count). The molecule has 0 bridgehead atoms. The highest BCUT2D eigenvalue weighted by Crippen LogP contribution is 2.41. The van der Waals surface area contributed by atoms with Crippen molar-refractivity contribution in [1.82, 2.24) is 9.88 Å². The fourth-order valence-corrected chi connectivity index (χ4v) is 2.95. The number of likely N-dealkylation sites (N-methyl/N-ethyl adjacent to an activating group) is 1. The van der Waals surface area contributed by atoms with Crippen molar-refractivity contribution >= 4 is 11.6 Å². The van der Waals surface area contributed by atoms with Crippen molar-refractivity contribution in [3.05, 3.63) is 70.0 Å². The molecule has 2 aromatic rings. The minimum atomic E-state index is -0.958. The van der Waals surface area contributed by atoms with Crippen molar-refractivity contribution in [2.45, 2.75) is 18.8 Å². The summed E-state index contributed by atoms with van der Waals surface area (Å²) >= 11 is 5.93. The summed E-state index contributed by atoms with van der Waals surface area (Å²) in [6, 6.07) is 7.40. The number of rotatable bonds is 5. The average molecular weight is 361 g/mol. The van der Waals surface area contributed by atoms with Gasteiger partial charge in [0.1, 0.15) is 23.7 Å². The number of pyridine rings is 1. The Labute approximate surface area is 152 Å². The van der Waals surface area contributed by atoms with E-state index in [1.54, 1.807) is 24.4 Å². The first-order valence-corrected chi connectivity index (χ1v) is 8.42. The van der Waals surface area contributed by atoms with Crippen molar-refractivity contribution in [2.24, 2.45) is 0 Å². The summed E-state index contributed by atoms with van der Waals surface area (Å²) in [5, 5.41) is 21.5. The van der Waals surface area contributed by atoms with Crippen molar-refractivity contribution < 1.29 is 14.9 Å². The molecule has 2 N–H and O–H groups in total. The van der Waals surface area contributed by atoms with Crippen LogP contribution in [0.2, 0.25) is 5.02 Å². The third-order valence-electron chi connectivity index (χ3n) is 4.14. The Balaban J connectivity index is 1.86. The summed E-state index contributed by atoms with van der Waals surface area (Å²) in [7, 11) is 3.88. The second kappa shape index (κ2) is 7.54. The van der Waals surface area contributed by atoms with Crippen LogP contribution in [-0.2, 0) is 11.3 Å². The SMILES string of the molecule is CN(C)C/C=C/C(O)c1ncc2c(c1O)COC2c1ccc(Cl)cc1. The predicted molar refractivity (Wildman–Crippen MR) is 96.6 cm³/mol. The molecule has 1 aliphatic rings. The third kappa shape index (κ3) is 3.85. The topological polar surface area (TPSA) is 65.8 Å². The molecule has 0 saturated heterocycles. The lowest BCUT2D eigenvalue weighted by Gasteiger charge is -2.14. The maximum atomic E-state index is 10.5. The Kier molecular flexibility index (Phi) is 5.39. The number of aromatic nitrogens is 1. The number of nitrogens with zero attached hydrogens (tertiary/aromatic N) is 2. The molecule has 132 valence electrons. The normalized spacial score (nSPS) is 18.0. The van der Waals surface area contributed by atoms with Crippen molar-refractivity contribution in [1.29, 1.82) is 0 Å². The van der Waals surface area contributed by atoms with E-state index in [9.17, 15) is 10.2 Å². The molecule has 0 radical (unpaired) electrons. The van der Waals surface area contributed by atoms with Gasteiger partial charge in [-0.05, 0) is 31.8 Å². The van der Waals surface area contributed by atoms with E-state index in [-0.39, 0.29) is 24.2 Å². The van der Waals surface area contributed by atoms with Crippen LogP contribution in [0.15, 0.2) is 42.6 Å². The van der Waals surface area contributed by atoms with E-state index in [2.05, 4.69) is 4.98 Å². The largest absolute Gasteiger partial charge is 0.506 e. The molecular weight excluding hydrogens is 340 g/mol. The Bertz CT molecular complexity index is 775. The zero-order valence-electron chi connectivity index (χ0n) is 14.2. The van der Waals surface area contributed by atoms with Crippen LogP contribution in [0.3, 0.4) is 0 Å². The minimum Gasteiger partial charge on any atom is -0.506 e. The van der Waals surface area contributed by atoms with Gasteiger partial charge < -0.3 is 19.8 Å². The van der Waals surface area contributed by atoms with Crippen LogP contribution in [0, 0.1) is 0 Å². The Morgan fingerprint density at radius 2 is 2.08 bits per heavy atom. The Hall–Kier alpha value is -1.92. The molecule has 1 aliphatic heterocycles. The molecular formula is C19H21ClN2O3. The molecule has 0 saturated carbocycles. The summed E-state index contributed by atoms with van der Waals surface area (Å²) in [6.07, 6.45) is 3.88. The average Bonchev–Trinajstić information content (AvgIpc) is 3.00. The van der Waals surface area contributed by atoms with Gasteiger partial charge in [0.15, 0.2) is 0 Å². The number of aliphatic hydroxyl groups is 1. The first-order chi connectivity index (χ1) is 12.0. The standard InChI is InChI=1S/C19H21ClN2O3/c1-22(2)9-3-4-16(23)17-18(24)15-11-25-19(14(15)10-21-17)12-5-7-13(20)8-6-12/h3-8,10,16,19,23-24H,9,11H2,1-2H3/b4-3+. The number of fused-ring (bicyclic) bond motifs is 1. The number of halogens is 1. The van der Waals surface area contributed by atoms with E-state index in [1.807, 2.05) is 37.2 Å². The molecule has 25 heavy (non-hydrogen) atoms. The molecule has 0 spiro atoms. The molecule has 2 unspecified atom stereocenters. The summed E-state index contributed by atoms with van der Waals surface area (Å²) < 4.78 is 5.83. The van der Waals surface area contributed by atoms with Crippen molar-refractivity contribution in [3.8, 4) is 5.75 Å². The van der Waals surface area contributed by atoms with Crippen LogP contribution in [0.25, 0.3) is 0 Å². The fraction of sp³-hybridized carbons (Fsp3) is 0.316. The van der Waals surface area contributed by atoms with Crippen LogP contribution in [0.5, 0.6) is 5.75 Å². The molecule has 2 atom stereocenters. The van der Waals surface area contributed by atoms with Crippen LogP contribution in [0.1, 0.15) is 34.6 Å². The first-order valence-electron chi connectivity index (χ1n) is 8.04. The van der Waals surface area contributed by atoms with Crippen molar-refractivity contribution in [3.63, 3.8) is 0 Å². The molecule has 0 aliphatic carbocycles. The van der Waals surface area contributed by atoms with E-state index >= 15 is 0 Å². The van der Waals surface area contributed by atoms with Gasteiger partial charge >= 0.3 is 0 Å². The van der Waals surface area contributed by atoms with Gasteiger partial charge in [-0.3, -0.25) is 4.98 Å². The summed E-state index contributed by atoms with van der Waals surface area (Å²) in [4.78, 5) is 6.25. The third-order valence-corrected chi connectivity index (χ3v) is 4.39. The van der Waals surface area contributed by atoms with Gasteiger partial charge in [-0.15, -0.1) is 0 Å². The lowest BCUT2D eigenvalue weighted by Crippen LogP contribution is -2.11. The van der Waals surface area contributed by atoms with Gasteiger partial charge in [0.25, 0.3) is 0 Å². The molecule has 1 aromatic carbocycles. The molecule has 1 aromatic heterocycles. The highest BCUT2D eigenvalue weighted by molar-refractivity contribution is 6.30. The number of aliphatic hydroxyl groups excluding tert-OH is 1. The lowest BCUT2D eigenvalue weighted by atomic mass is 9.99. The van der Waals surface area contributed by atoms with Gasteiger partial charge in [0.2, 0.25) is 0 Å². The number of ether oxygens (including phenoxy) is 1. The second-order valence-corrected chi connectivity index (χ2v) is 6.74. The van der Waals surface area contributed by atoms with E-state index in [0.717, 1.165) is 11.1 Å². The molecule has 5 nitrogen and oxygen atoms in total. The van der Waals surface area contributed by atoms with Crippen LogP contribution in [-0.4, -0.2) is 40.7 Å². The second-order valence-electron chi connectivity index (χ2n) is 6.30. The maximum absolute atomic E-state index is 10.5. The summed E-state index contributed by atoms with van der Waals surface area (Å²) in [6.45, 7) is 0.975. The lowest BCUT2D eigenvalue weighted by molar-refractivity contribution is 0.0932. The van der Waals surface area contributed by atoms with Gasteiger partial charge in [0.05, 0.1) is 6.61 Å². The van der Waals surface area contributed by atoms with E-state index in [4.69, 9.17) is 16.3 Å². The Morgan fingerprint density at radius 3 is 2.76 bits per heavy atom. The van der Waals surface area contributed by atoms with E-state index in [1.165, 1.54) is 0 Å². The molecule has 0 fully saturated rings. The van der Waals surface area contributed by atoms with Crippen LogP contribution >= 0.6 is 11.6 Å². The monoisotopic (exact) mass is 360 g/mol. The quantitative estimate of drug-likeness (QED) is 0.801. The predicted octanol–water partition coefficient (Wildman–Crippen LogP) is 3.21. The van der Waals surface area contributed by atoms with Crippen molar-refractivity contribution in [2.75, 3.05) is 20.6 Å². The maximum Gasteiger partial charge on any atom is 0.146 e. The Morgan fingerprint density at radius 1 is 1.36 bits per heavy atom. The minimum absolute atomic E-state index is 0.00373. The van der Waals surface area contributed by atoms with Gasteiger partial charge in [-0.25, -0.2) is 0 Å². The molecule has 2 heterocycles. The highest BCUT2D eigenvalue weighted by atomic mass is 35.5. The molecule has 0 amide bonds. The van der Waals surface area contributed by atoms with E-state index in [0.29, 0.717) is 17.1 Å². The zero-order valence-corrected chi connectivity index (χ0v) is 14.9. The first kappa shape index (κ1) is 17.9. The zero-order chi connectivity index (χ0) is 18.0. The number of hydrogen-bond donors (Lipinski definition) is 2. The summed E-state index contributed by atoms with van der Waals surface area (Å²) in [5.74, 6) is -0.00373.